The van der Waals surface area contributed by atoms with Crippen LogP contribution < -0.4 is 5.32 Å². The predicted molar refractivity (Wildman–Crippen MR) is 132 cm³/mol. The number of carbonyl (C=O) groups is 1. The molecule has 34 heavy (non-hydrogen) atoms. The van der Waals surface area contributed by atoms with Crippen LogP contribution >= 0.6 is 11.8 Å². The zero-order chi connectivity index (χ0) is 23.8. The number of para-hydroxylation sites is 2. The molecule has 0 spiro atoms. The first-order chi connectivity index (χ1) is 16.5. The number of rotatable bonds is 5. The monoisotopic (exact) mass is 467 g/mol. The van der Waals surface area contributed by atoms with Crippen molar-refractivity contribution in [3.8, 4) is 11.8 Å². The minimum Gasteiger partial charge on any atom is -0.310 e. The van der Waals surface area contributed by atoms with Crippen LogP contribution in [0.5, 0.6) is 0 Å². The molecule has 5 aromatic rings. The molecule has 0 aliphatic rings. The molecule has 0 aliphatic heterocycles. The Morgan fingerprint density at radius 2 is 1.79 bits per heavy atom. The summed E-state index contributed by atoms with van der Waals surface area (Å²) in [4.78, 5) is 22.3. The zero-order valence-corrected chi connectivity index (χ0v) is 19.7. The average Bonchev–Trinajstić information content (AvgIpc) is 3.35. The molecule has 0 atom stereocenters. The third-order valence-electron chi connectivity index (χ3n) is 5.69. The summed E-state index contributed by atoms with van der Waals surface area (Å²) >= 11 is 1.28. The highest BCUT2D eigenvalue weighted by Gasteiger charge is 2.21. The Labute approximate surface area is 200 Å². The van der Waals surface area contributed by atoms with E-state index in [-0.39, 0.29) is 11.7 Å². The van der Waals surface area contributed by atoms with Crippen LogP contribution in [0.3, 0.4) is 0 Å². The fourth-order valence-corrected chi connectivity index (χ4v) is 4.73. The van der Waals surface area contributed by atoms with E-state index in [1.807, 2.05) is 79.9 Å². The minimum absolute atomic E-state index is 0.0995. The van der Waals surface area contributed by atoms with Gasteiger partial charge in [0, 0.05) is 16.8 Å². The summed E-state index contributed by atoms with van der Waals surface area (Å²) in [5.74, 6) is 0.968. The van der Waals surface area contributed by atoms with Gasteiger partial charge < -0.3 is 5.32 Å². The number of nitrogens with zero attached hydrogens (tertiary/aromatic N) is 6. The van der Waals surface area contributed by atoms with Crippen molar-refractivity contribution in [1.29, 1.82) is 5.26 Å². The Bertz CT molecular complexity index is 1600. The lowest BCUT2D eigenvalue weighted by Crippen LogP contribution is -2.18. The maximum absolute atomic E-state index is 13.0. The highest BCUT2D eigenvalue weighted by atomic mass is 32.2. The van der Waals surface area contributed by atoms with Crippen molar-refractivity contribution in [2.24, 2.45) is 0 Å². The van der Waals surface area contributed by atoms with Crippen LogP contribution in [0.4, 0.5) is 5.82 Å². The molecule has 9 heteroatoms. The predicted octanol–water partition coefficient (Wildman–Crippen LogP) is 4.60. The maximum atomic E-state index is 13.0. The van der Waals surface area contributed by atoms with E-state index in [9.17, 15) is 10.1 Å². The second kappa shape index (κ2) is 8.65. The van der Waals surface area contributed by atoms with Gasteiger partial charge in [0.2, 0.25) is 5.91 Å². The first-order valence-corrected chi connectivity index (χ1v) is 11.7. The molecule has 5 rings (SSSR count). The molecule has 0 radical (unpaired) electrons. The number of thioether (sulfide) groups is 1. The van der Waals surface area contributed by atoms with Gasteiger partial charge in [0.25, 0.3) is 0 Å². The Hall–Kier alpha value is -4.16. The maximum Gasteiger partial charge on any atom is 0.236 e. The smallest absolute Gasteiger partial charge is 0.236 e. The second-order valence-electron chi connectivity index (χ2n) is 7.86. The molecule has 0 unspecified atom stereocenters. The molecular weight excluding hydrogens is 446 g/mol. The van der Waals surface area contributed by atoms with Crippen LogP contribution in [0, 0.1) is 32.1 Å². The lowest BCUT2D eigenvalue weighted by atomic mass is 10.2. The number of fused-ring (bicyclic) bond motifs is 3. The number of carbonyl (C=O) groups excluding carboxylic acids is 1. The summed E-state index contributed by atoms with van der Waals surface area (Å²) in [6.07, 6.45) is 0. The Morgan fingerprint density at radius 3 is 2.56 bits per heavy atom. The summed E-state index contributed by atoms with van der Waals surface area (Å²) < 4.78 is 3.58. The average molecular weight is 468 g/mol. The fraction of sp³-hybridized carbons (Fsp3) is 0.160. The van der Waals surface area contributed by atoms with Crippen LogP contribution in [-0.2, 0) is 4.79 Å². The van der Waals surface area contributed by atoms with Gasteiger partial charge in [-0.25, -0.2) is 9.97 Å². The molecule has 168 valence electrons. The number of aryl methyl sites for hydroxylation is 1. The molecule has 0 saturated carbocycles. The normalized spacial score (nSPS) is 11.1. The molecule has 0 saturated heterocycles. The van der Waals surface area contributed by atoms with E-state index in [0.29, 0.717) is 28.0 Å². The molecule has 2 aromatic carbocycles. The van der Waals surface area contributed by atoms with Crippen LogP contribution in [0.1, 0.15) is 22.6 Å². The molecule has 0 fully saturated rings. The van der Waals surface area contributed by atoms with E-state index < -0.39 is 0 Å². The van der Waals surface area contributed by atoms with Gasteiger partial charge in [0.05, 0.1) is 16.8 Å². The van der Waals surface area contributed by atoms with E-state index in [1.54, 1.807) is 4.52 Å². The molecule has 1 N–H and O–H groups in total. The van der Waals surface area contributed by atoms with Gasteiger partial charge in [-0.05, 0) is 50.6 Å². The van der Waals surface area contributed by atoms with Gasteiger partial charge in [-0.3, -0.25) is 9.36 Å². The quantitative estimate of drug-likeness (QED) is 0.300. The van der Waals surface area contributed by atoms with Gasteiger partial charge in [0.15, 0.2) is 10.8 Å². The summed E-state index contributed by atoms with van der Waals surface area (Å²) in [5.41, 5.74) is 4.58. The highest BCUT2D eigenvalue weighted by Crippen LogP contribution is 2.30. The highest BCUT2D eigenvalue weighted by molar-refractivity contribution is 7.99. The van der Waals surface area contributed by atoms with E-state index in [0.717, 1.165) is 27.8 Å². The van der Waals surface area contributed by atoms with Crippen LogP contribution in [0.2, 0.25) is 0 Å². The summed E-state index contributed by atoms with van der Waals surface area (Å²) in [6.45, 7) is 5.66. The number of hydrogen-bond donors (Lipinski definition) is 1. The zero-order valence-electron chi connectivity index (χ0n) is 18.9. The number of nitrogens with one attached hydrogen (secondary N) is 1. The lowest BCUT2D eigenvalue weighted by molar-refractivity contribution is -0.113. The van der Waals surface area contributed by atoms with Crippen molar-refractivity contribution in [1.82, 2.24) is 24.1 Å². The van der Waals surface area contributed by atoms with Crippen LogP contribution in [0.15, 0.2) is 59.8 Å². The number of aromatic nitrogens is 5. The first kappa shape index (κ1) is 21.7. The number of amides is 1. The van der Waals surface area contributed by atoms with Crippen LogP contribution in [-0.4, -0.2) is 35.8 Å². The summed E-state index contributed by atoms with van der Waals surface area (Å²) in [6, 6.07) is 19.6. The van der Waals surface area contributed by atoms with E-state index in [2.05, 4.69) is 21.5 Å². The standard InChI is InChI=1S/C25H21N7OS/c1-15-16(2)31(18-9-5-4-6-10-18)23(20(15)13-26)29-22(33)14-34-25-28-21-12-8-7-11-19(21)24-27-17(3)30-32(24)25/h4-12H,14H2,1-3H3,(H,29,33). The molecule has 3 heterocycles. The van der Waals surface area contributed by atoms with Crippen LogP contribution in [0.25, 0.3) is 22.2 Å². The number of anilines is 1. The van der Waals surface area contributed by atoms with Gasteiger partial charge >= 0.3 is 0 Å². The SMILES string of the molecule is Cc1nc2c3ccccc3nc(SCC(=O)Nc3c(C#N)c(C)c(C)n3-c3ccccc3)n2n1. The van der Waals surface area contributed by atoms with E-state index in [1.165, 1.54) is 11.8 Å². The Balaban J connectivity index is 1.46. The van der Waals surface area contributed by atoms with Gasteiger partial charge in [-0.15, -0.1) is 5.10 Å². The van der Waals surface area contributed by atoms with Crippen molar-refractivity contribution in [3.05, 3.63) is 77.2 Å². The number of nitriles is 1. The molecular formula is C25H21N7OS. The largest absolute Gasteiger partial charge is 0.310 e. The lowest BCUT2D eigenvalue weighted by Gasteiger charge is -2.13. The summed E-state index contributed by atoms with van der Waals surface area (Å²) in [7, 11) is 0. The van der Waals surface area contributed by atoms with Crippen molar-refractivity contribution in [2.45, 2.75) is 25.9 Å². The van der Waals surface area contributed by atoms with Crippen molar-refractivity contribution < 1.29 is 4.79 Å². The van der Waals surface area contributed by atoms with Gasteiger partial charge in [0.1, 0.15) is 17.7 Å². The second-order valence-corrected chi connectivity index (χ2v) is 8.80. The molecule has 8 nitrogen and oxygen atoms in total. The van der Waals surface area contributed by atoms with Gasteiger partial charge in [-0.1, -0.05) is 42.1 Å². The number of hydrogen-bond acceptors (Lipinski definition) is 6. The van der Waals surface area contributed by atoms with E-state index >= 15 is 0 Å². The third-order valence-corrected chi connectivity index (χ3v) is 6.61. The number of benzene rings is 2. The van der Waals surface area contributed by atoms with E-state index in [4.69, 9.17) is 4.98 Å². The fourth-order valence-electron chi connectivity index (χ4n) is 3.99. The Morgan fingerprint density at radius 1 is 1.06 bits per heavy atom. The minimum atomic E-state index is -0.240. The summed E-state index contributed by atoms with van der Waals surface area (Å²) in [5, 5.41) is 18.7. The van der Waals surface area contributed by atoms with Crippen molar-refractivity contribution in [3.63, 3.8) is 0 Å². The molecule has 0 aliphatic carbocycles. The first-order valence-electron chi connectivity index (χ1n) is 10.7. The van der Waals surface area contributed by atoms with Crippen molar-refractivity contribution in [2.75, 3.05) is 11.1 Å². The molecule has 0 bridgehead atoms. The third kappa shape index (κ3) is 3.68. The van der Waals surface area contributed by atoms with Crippen molar-refractivity contribution >= 4 is 40.0 Å². The van der Waals surface area contributed by atoms with Gasteiger partial charge in [-0.2, -0.15) is 9.78 Å². The molecule has 3 aromatic heterocycles. The molecule has 1 amide bonds. The Kier molecular flexibility index (Phi) is 5.51. The topological polar surface area (TPSA) is 101 Å².